The fraction of sp³-hybridized carbons (Fsp3) is 0.333. The first-order valence-electron chi connectivity index (χ1n) is 6.60. The van der Waals surface area contributed by atoms with Crippen molar-refractivity contribution in [2.75, 3.05) is 11.9 Å². The van der Waals surface area contributed by atoms with Crippen LogP contribution in [0.2, 0.25) is 0 Å². The van der Waals surface area contributed by atoms with Crippen LogP contribution < -0.4 is 5.32 Å². The summed E-state index contributed by atoms with van der Waals surface area (Å²) in [4.78, 5) is 16.4. The quantitative estimate of drug-likeness (QED) is 0.852. The maximum absolute atomic E-state index is 12.2. The van der Waals surface area contributed by atoms with E-state index in [1.54, 1.807) is 6.20 Å². The molecule has 2 aromatic rings. The van der Waals surface area contributed by atoms with E-state index in [9.17, 15) is 4.79 Å². The molecule has 0 aliphatic carbocycles. The standard InChI is InChI=1S/C15H17N3O/c1-18-9-8-17-15(18)5-4-14(19)12-3-2-11-6-7-16-13(11)10-12/h2-3,8-10,16H,4-7H2,1H3. The van der Waals surface area contributed by atoms with E-state index in [0.29, 0.717) is 12.8 Å². The van der Waals surface area contributed by atoms with Crippen molar-refractivity contribution in [3.63, 3.8) is 0 Å². The van der Waals surface area contributed by atoms with Crippen LogP contribution in [0.15, 0.2) is 30.6 Å². The highest BCUT2D eigenvalue weighted by molar-refractivity contribution is 5.97. The van der Waals surface area contributed by atoms with E-state index >= 15 is 0 Å². The number of ketones is 1. The van der Waals surface area contributed by atoms with Crippen LogP contribution in [0.1, 0.15) is 28.2 Å². The van der Waals surface area contributed by atoms with Crippen LogP contribution in [0.5, 0.6) is 0 Å². The van der Waals surface area contributed by atoms with Crippen molar-refractivity contribution in [1.29, 1.82) is 0 Å². The molecule has 0 radical (unpaired) electrons. The third kappa shape index (κ3) is 2.38. The van der Waals surface area contributed by atoms with Gasteiger partial charge in [0, 0.05) is 50.1 Å². The number of benzene rings is 1. The maximum atomic E-state index is 12.2. The van der Waals surface area contributed by atoms with Crippen molar-refractivity contribution >= 4 is 11.5 Å². The largest absolute Gasteiger partial charge is 0.384 e. The smallest absolute Gasteiger partial charge is 0.163 e. The Bertz CT molecular complexity index is 616. The minimum atomic E-state index is 0.180. The molecule has 1 aromatic carbocycles. The van der Waals surface area contributed by atoms with Gasteiger partial charge in [-0.1, -0.05) is 12.1 Å². The van der Waals surface area contributed by atoms with Crippen molar-refractivity contribution in [3.8, 4) is 0 Å². The van der Waals surface area contributed by atoms with Gasteiger partial charge in [0.25, 0.3) is 0 Å². The van der Waals surface area contributed by atoms with E-state index in [0.717, 1.165) is 30.0 Å². The summed E-state index contributed by atoms with van der Waals surface area (Å²) in [6.45, 7) is 0.972. The fourth-order valence-corrected chi connectivity index (χ4v) is 2.47. The van der Waals surface area contributed by atoms with Gasteiger partial charge in [-0.2, -0.15) is 0 Å². The topological polar surface area (TPSA) is 46.9 Å². The summed E-state index contributed by atoms with van der Waals surface area (Å²) in [7, 11) is 1.95. The van der Waals surface area contributed by atoms with Gasteiger partial charge in [-0.05, 0) is 18.1 Å². The number of carbonyl (C=O) groups is 1. The van der Waals surface area contributed by atoms with E-state index in [2.05, 4.69) is 16.4 Å². The highest BCUT2D eigenvalue weighted by Gasteiger charge is 2.14. The number of hydrogen-bond donors (Lipinski definition) is 1. The molecule has 0 unspecified atom stereocenters. The summed E-state index contributed by atoms with van der Waals surface area (Å²) in [6, 6.07) is 5.97. The molecule has 0 saturated carbocycles. The molecular formula is C15H17N3O. The molecule has 98 valence electrons. The molecule has 0 amide bonds. The van der Waals surface area contributed by atoms with E-state index in [1.165, 1.54) is 5.56 Å². The highest BCUT2D eigenvalue weighted by Crippen LogP contribution is 2.23. The number of carbonyl (C=O) groups excluding carboxylic acids is 1. The van der Waals surface area contributed by atoms with Gasteiger partial charge in [0.2, 0.25) is 0 Å². The van der Waals surface area contributed by atoms with Gasteiger partial charge >= 0.3 is 0 Å². The number of hydrogen-bond acceptors (Lipinski definition) is 3. The fourth-order valence-electron chi connectivity index (χ4n) is 2.47. The summed E-state index contributed by atoms with van der Waals surface area (Å²) in [6.07, 6.45) is 5.91. The number of aromatic nitrogens is 2. The lowest BCUT2D eigenvalue weighted by molar-refractivity contribution is 0.0982. The average Bonchev–Trinajstić information content (AvgIpc) is 3.03. The Kier molecular flexibility index (Phi) is 3.07. The molecule has 0 bridgehead atoms. The van der Waals surface area contributed by atoms with Crippen LogP contribution in [-0.4, -0.2) is 21.9 Å². The number of nitrogens with zero attached hydrogens (tertiary/aromatic N) is 2. The summed E-state index contributed by atoms with van der Waals surface area (Å²) in [5.74, 6) is 1.13. The molecule has 4 heteroatoms. The number of aryl methyl sites for hydroxylation is 2. The maximum Gasteiger partial charge on any atom is 0.163 e. The SMILES string of the molecule is Cn1ccnc1CCC(=O)c1ccc2c(c1)NCC2. The molecule has 3 rings (SSSR count). The lowest BCUT2D eigenvalue weighted by Gasteiger charge is -2.05. The molecule has 1 aliphatic rings. The minimum Gasteiger partial charge on any atom is -0.384 e. The zero-order valence-corrected chi connectivity index (χ0v) is 11.0. The molecule has 1 aromatic heterocycles. The van der Waals surface area contributed by atoms with E-state index in [-0.39, 0.29) is 5.78 Å². The lowest BCUT2D eigenvalue weighted by Crippen LogP contribution is -2.05. The number of imidazole rings is 1. The molecule has 0 saturated heterocycles. The summed E-state index contributed by atoms with van der Waals surface area (Å²) < 4.78 is 1.96. The normalized spacial score (nSPS) is 13.1. The van der Waals surface area contributed by atoms with Crippen molar-refractivity contribution in [1.82, 2.24) is 9.55 Å². The van der Waals surface area contributed by atoms with Gasteiger partial charge in [-0.15, -0.1) is 0 Å². The van der Waals surface area contributed by atoms with E-state index in [4.69, 9.17) is 0 Å². The Morgan fingerprint density at radius 2 is 2.37 bits per heavy atom. The van der Waals surface area contributed by atoms with E-state index in [1.807, 2.05) is 29.9 Å². The second-order valence-corrected chi connectivity index (χ2v) is 4.93. The molecule has 0 atom stereocenters. The van der Waals surface area contributed by atoms with Gasteiger partial charge in [-0.3, -0.25) is 4.79 Å². The van der Waals surface area contributed by atoms with E-state index < -0.39 is 0 Å². The van der Waals surface area contributed by atoms with Crippen LogP contribution >= 0.6 is 0 Å². The first-order chi connectivity index (χ1) is 9.24. The third-order valence-corrected chi connectivity index (χ3v) is 3.64. The number of nitrogens with one attached hydrogen (secondary N) is 1. The van der Waals surface area contributed by atoms with Crippen LogP contribution in [0.4, 0.5) is 5.69 Å². The molecular weight excluding hydrogens is 238 g/mol. The van der Waals surface area contributed by atoms with Gasteiger partial charge in [-0.25, -0.2) is 4.98 Å². The Morgan fingerprint density at radius 3 is 3.16 bits per heavy atom. The Labute approximate surface area is 112 Å². The Morgan fingerprint density at radius 1 is 1.47 bits per heavy atom. The second-order valence-electron chi connectivity index (χ2n) is 4.93. The lowest BCUT2D eigenvalue weighted by atomic mass is 10.0. The molecule has 4 nitrogen and oxygen atoms in total. The molecule has 2 heterocycles. The number of rotatable bonds is 4. The van der Waals surface area contributed by atoms with Crippen LogP contribution in [0, 0.1) is 0 Å². The molecule has 1 aliphatic heterocycles. The Balaban J connectivity index is 1.69. The van der Waals surface area contributed by atoms with Crippen LogP contribution in [0.3, 0.4) is 0 Å². The molecule has 1 N–H and O–H groups in total. The Hall–Kier alpha value is -2.10. The van der Waals surface area contributed by atoms with Crippen molar-refractivity contribution in [2.45, 2.75) is 19.3 Å². The summed E-state index contributed by atoms with van der Waals surface area (Å²) in [5.41, 5.74) is 3.21. The highest BCUT2D eigenvalue weighted by atomic mass is 16.1. The first kappa shape index (κ1) is 12.0. The van der Waals surface area contributed by atoms with Crippen molar-refractivity contribution in [2.24, 2.45) is 7.05 Å². The monoisotopic (exact) mass is 255 g/mol. The van der Waals surface area contributed by atoms with Gasteiger partial charge in [0.1, 0.15) is 5.82 Å². The summed E-state index contributed by atoms with van der Waals surface area (Å²) >= 11 is 0. The predicted octanol–water partition coefficient (Wildman–Crippen LogP) is 2.20. The van der Waals surface area contributed by atoms with Crippen molar-refractivity contribution < 1.29 is 4.79 Å². The average molecular weight is 255 g/mol. The minimum absolute atomic E-state index is 0.180. The molecule has 0 spiro atoms. The van der Waals surface area contributed by atoms with Crippen LogP contribution in [-0.2, 0) is 19.9 Å². The molecule has 0 fully saturated rings. The zero-order chi connectivity index (χ0) is 13.2. The van der Waals surface area contributed by atoms with Crippen molar-refractivity contribution in [3.05, 3.63) is 47.5 Å². The van der Waals surface area contributed by atoms with Gasteiger partial charge in [0.05, 0.1) is 0 Å². The first-order valence-corrected chi connectivity index (χ1v) is 6.60. The third-order valence-electron chi connectivity index (χ3n) is 3.64. The zero-order valence-electron chi connectivity index (χ0n) is 11.0. The number of Topliss-reactive ketones (excluding diaryl/α,β-unsaturated/α-hetero) is 1. The summed E-state index contributed by atoms with van der Waals surface area (Å²) in [5, 5.41) is 3.31. The van der Waals surface area contributed by atoms with Gasteiger partial charge in [0.15, 0.2) is 5.78 Å². The second kappa shape index (κ2) is 4.88. The number of anilines is 1. The number of fused-ring (bicyclic) bond motifs is 1. The van der Waals surface area contributed by atoms with Crippen LogP contribution in [0.25, 0.3) is 0 Å². The van der Waals surface area contributed by atoms with Gasteiger partial charge < -0.3 is 9.88 Å². The predicted molar refractivity (Wildman–Crippen MR) is 74.5 cm³/mol. The molecule has 19 heavy (non-hydrogen) atoms.